The minimum Gasteiger partial charge on any atom is -0.283 e. The maximum Gasteiger partial charge on any atom is 0.235 e. The molecule has 0 heterocycles. The molecule has 0 unspecified atom stereocenters. The maximum absolute atomic E-state index is 12.1. The molecule has 3 nitrogen and oxygen atoms in total. The highest BCUT2D eigenvalue weighted by molar-refractivity contribution is 9.08. The van der Waals surface area contributed by atoms with E-state index in [1.54, 1.807) is 0 Å². The number of rotatable bonds is 4. The number of anilines is 1. The average molecular weight is 318 g/mol. The summed E-state index contributed by atoms with van der Waals surface area (Å²) in [6, 6.07) is 7.48. The van der Waals surface area contributed by atoms with E-state index in [0.29, 0.717) is 11.0 Å². The molecule has 2 rings (SSSR count). The number of halogens is 1. The molecule has 0 saturated heterocycles. The summed E-state index contributed by atoms with van der Waals surface area (Å²) in [5, 5.41) is 0.432. The zero-order valence-electron chi connectivity index (χ0n) is 9.52. The zero-order chi connectivity index (χ0) is 12.3. The highest BCUT2D eigenvalue weighted by atomic mass is 79.9. The molecule has 0 radical (unpaired) electrons. The van der Waals surface area contributed by atoms with Gasteiger partial charge in [0.15, 0.2) is 0 Å². The van der Waals surface area contributed by atoms with E-state index in [9.17, 15) is 8.42 Å². The minimum absolute atomic E-state index is 0.217. The first kappa shape index (κ1) is 12.9. The van der Waals surface area contributed by atoms with Crippen LogP contribution in [0.1, 0.15) is 31.2 Å². The zero-order valence-corrected chi connectivity index (χ0v) is 11.9. The third-order valence-electron chi connectivity index (χ3n) is 3.15. The molecule has 0 aromatic heterocycles. The van der Waals surface area contributed by atoms with Crippen molar-refractivity contribution in [3.8, 4) is 0 Å². The Balaban J connectivity index is 2.19. The quantitative estimate of drug-likeness (QED) is 0.866. The van der Waals surface area contributed by atoms with Crippen molar-refractivity contribution < 1.29 is 8.42 Å². The van der Waals surface area contributed by atoms with Crippen LogP contribution in [-0.4, -0.2) is 13.7 Å². The van der Waals surface area contributed by atoms with E-state index in [-0.39, 0.29) is 5.25 Å². The second-order valence-electron chi connectivity index (χ2n) is 4.34. The first-order valence-electron chi connectivity index (χ1n) is 5.79. The smallest absolute Gasteiger partial charge is 0.235 e. The summed E-state index contributed by atoms with van der Waals surface area (Å²) in [5.41, 5.74) is 1.66. The number of hydrogen-bond donors (Lipinski definition) is 1. The molecule has 1 aliphatic carbocycles. The fraction of sp³-hybridized carbons (Fsp3) is 0.500. The Morgan fingerprint density at radius 1 is 1.24 bits per heavy atom. The molecule has 5 heteroatoms. The molecule has 1 N–H and O–H groups in total. The van der Waals surface area contributed by atoms with Gasteiger partial charge in [-0.15, -0.1) is 0 Å². The number of sulfonamides is 1. The standard InChI is InChI=1S/C12H16BrNO2S/c13-9-10-5-1-4-8-12(10)14-17(15,16)11-6-2-3-7-11/h1,4-5,8,11,14H,2-3,6-7,9H2. The minimum atomic E-state index is -3.22. The van der Waals surface area contributed by atoms with Crippen molar-refractivity contribution in [1.82, 2.24) is 0 Å². The molecule has 1 aromatic carbocycles. The molecule has 1 fully saturated rings. The molecule has 0 spiro atoms. The second kappa shape index (κ2) is 5.40. The first-order chi connectivity index (χ1) is 8.13. The fourth-order valence-electron chi connectivity index (χ4n) is 2.17. The third-order valence-corrected chi connectivity index (χ3v) is 5.61. The SMILES string of the molecule is O=S(=O)(Nc1ccccc1CBr)C1CCCC1. The van der Waals surface area contributed by atoms with Crippen LogP contribution in [-0.2, 0) is 15.4 Å². The highest BCUT2D eigenvalue weighted by Gasteiger charge is 2.28. The molecule has 0 aliphatic heterocycles. The summed E-state index contributed by atoms with van der Waals surface area (Å²) in [6.45, 7) is 0. The van der Waals surface area contributed by atoms with Gasteiger partial charge in [0.2, 0.25) is 10.0 Å². The van der Waals surface area contributed by atoms with Gasteiger partial charge in [0, 0.05) is 5.33 Å². The van der Waals surface area contributed by atoms with Crippen molar-refractivity contribution >= 4 is 31.6 Å². The van der Waals surface area contributed by atoms with Gasteiger partial charge in [-0.25, -0.2) is 8.42 Å². The fourth-order valence-corrected chi connectivity index (χ4v) is 4.29. The van der Waals surface area contributed by atoms with Gasteiger partial charge in [-0.1, -0.05) is 47.0 Å². The van der Waals surface area contributed by atoms with E-state index in [1.165, 1.54) is 0 Å². The van der Waals surface area contributed by atoms with Gasteiger partial charge >= 0.3 is 0 Å². The third kappa shape index (κ3) is 3.01. The highest BCUT2D eigenvalue weighted by Crippen LogP contribution is 2.27. The predicted octanol–water partition coefficient (Wildman–Crippen LogP) is 3.27. The molecular weight excluding hydrogens is 302 g/mol. The van der Waals surface area contributed by atoms with Gasteiger partial charge in [-0.05, 0) is 24.5 Å². The normalized spacial score (nSPS) is 17.2. The molecule has 94 valence electrons. The van der Waals surface area contributed by atoms with E-state index >= 15 is 0 Å². The summed E-state index contributed by atoms with van der Waals surface area (Å²) in [7, 11) is -3.22. The number of hydrogen-bond acceptors (Lipinski definition) is 2. The lowest BCUT2D eigenvalue weighted by atomic mass is 10.2. The van der Waals surface area contributed by atoms with Crippen molar-refractivity contribution in [1.29, 1.82) is 0 Å². The Labute approximate surface area is 111 Å². The Morgan fingerprint density at radius 3 is 2.53 bits per heavy atom. The van der Waals surface area contributed by atoms with E-state index in [4.69, 9.17) is 0 Å². The van der Waals surface area contributed by atoms with Gasteiger partial charge < -0.3 is 0 Å². The summed E-state index contributed by atoms with van der Waals surface area (Å²) >= 11 is 3.36. The van der Waals surface area contributed by atoms with Crippen LogP contribution in [0.3, 0.4) is 0 Å². The number of alkyl halides is 1. The molecule has 1 aromatic rings. The van der Waals surface area contributed by atoms with Crippen molar-refractivity contribution in [2.24, 2.45) is 0 Å². The second-order valence-corrected chi connectivity index (χ2v) is 6.87. The van der Waals surface area contributed by atoms with E-state index in [1.807, 2.05) is 24.3 Å². The number of benzene rings is 1. The van der Waals surface area contributed by atoms with E-state index in [2.05, 4.69) is 20.7 Å². The Hall–Kier alpha value is -0.550. The lowest BCUT2D eigenvalue weighted by Gasteiger charge is -2.15. The summed E-state index contributed by atoms with van der Waals surface area (Å²) in [6.07, 6.45) is 3.61. The average Bonchev–Trinajstić information content (AvgIpc) is 2.83. The van der Waals surface area contributed by atoms with Crippen LogP contribution < -0.4 is 4.72 Å². The van der Waals surface area contributed by atoms with Gasteiger partial charge in [-0.3, -0.25) is 4.72 Å². The lowest BCUT2D eigenvalue weighted by molar-refractivity contribution is 0.585. The van der Waals surface area contributed by atoms with Crippen molar-refractivity contribution in [3.63, 3.8) is 0 Å². The van der Waals surface area contributed by atoms with Crippen LogP contribution in [0.25, 0.3) is 0 Å². The van der Waals surface area contributed by atoms with Crippen LogP contribution >= 0.6 is 15.9 Å². The van der Waals surface area contributed by atoms with Gasteiger partial charge in [-0.2, -0.15) is 0 Å². The van der Waals surface area contributed by atoms with Gasteiger partial charge in [0.1, 0.15) is 0 Å². The monoisotopic (exact) mass is 317 g/mol. The van der Waals surface area contributed by atoms with Gasteiger partial charge in [0.05, 0.1) is 10.9 Å². The van der Waals surface area contributed by atoms with Crippen LogP contribution in [0.5, 0.6) is 0 Å². The molecular formula is C12H16BrNO2S. The van der Waals surface area contributed by atoms with Crippen LogP contribution in [0.2, 0.25) is 0 Å². The molecule has 0 amide bonds. The molecule has 17 heavy (non-hydrogen) atoms. The van der Waals surface area contributed by atoms with Crippen LogP contribution in [0.15, 0.2) is 24.3 Å². The van der Waals surface area contributed by atoms with Crippen molar-refractivity contribution in [2.75, 3.05) is 4.72 Å². The first-order valence-corrected chi connectivity index (χ1v) is 8.46. The number of para-hydroxylation sites is 1. The summed E-state index contributed by atoms with van der Waals surface area (Å²) in [5.74, 6) is 0. The summed E-state index contributed by atoms with van der Waals surface area (Å²) in [4.78, 5) is 0. The lowest BCUT2D eigenvalue weighted by Crippen LogP contribution is -2.25. The Bertz CT molecular complexity index is 481. The van der Waals surface area contributed by atoms with Crippen molar-refractivity contribution in [2.45, 2.75) is 36.3 Å². The largest absolute Gasteiger partial charge is 0.283 e. The van der Waals surface area contributed by atoms with Crippen LogP contribution in [0, 0.1) is 0 Å². The molecule has 0 atom stereocenters. The Morgan fingerprint density at radius 2 is 1.88 bits per heavy atom. The molecule has 0 bridgehead atoms. The van der Waals surface area contributed by atoms with Crippen molar-refractivity contribution in [3.05, 3.63) is 29.8 Å². The Kier molecular flexibility index (Phi) is 4.09. The van der Waals surface area contributed by atoms with E-state index in [0.717, 1.165) is 31.2 Å². The number of nitrogens with one attached hydrogen (secondary N) is 1. The van der Waals surface area contributed by atoms with E-state index < -0.39 is 10.0 Å². The van der Waals surface area contributed by atoms with Crippen LogP contribution in [0.4, 0.5) is 5.69 Å². The van der Waals surface area contributed by atoms with Gasteiger partial charge in [0.25, 0.3) is 0 Å². The maximum atomic E-state index is 12.1. The topological polar surface area (TPSA) is 46.2 Å². The summed E-state index contributed by atoms with van der Waals surface area (Å²) < 4.78 is 27.0. The molecule has 1 saturated carbocycles. The molecule has 1 aliphatic rings. The predicted molar refractivity (Wildman–Crippen MR) is 73.9 cm³/mol.